The van der Waals surface area contributed by atoms with Crippen LogP contribution in [-0.4, -0.2) is 38.9 Å². The molecule has 3 heterocycles. The Morgan fingerprint density at radius 3 is 2.75 bits per heavy atom. The molecule has 0 radical (unpaired) electrons. The molecular formula is C22H19N5O4S. The number of anilines is 1. The smallest absolute Gasteiger partial charge is 0.246 e. The second-order valence-corrected chi connectivity index (χ2v) is 7.35. The first-order chi connectivity index (χ1) is 15.6. The van der Waals surface area contributed by atoms with Crippen LogP contribution in [-0.2, 0) is 11.3 Å². The molecule has 0 fully saturated rings. The van der Waals surface area contributed by atoms with Crippen LogP contribution in [0.15, 0.2) is 67.0 Å². The van der Waals surface area contributed by atoms with Crippen molar-refractivity contribution < 1.29 is 19.0 Å². The van der Waals surface area contributed by atoms with Crippen molar-refractivity contribution in [3.05, 3.63) is 71.8 Å². The van der Waals surface area contributed by atoms with Crippen molar-refractivity contribution in [1.29, 1.82) is 0 Å². The van der Waals surface area contributed by atoms with Gasteiger partial charge in [0, 0.05) is 29.7 Å². The zero-order chi connectivity index (χ0) is 22.1. The number of aromatic nitrogens is 4. The third-order valence-corrected chi connectivity index (χ3v) is 5.30. The lowest BCUT2D eigenvalue weighted by atomic mass is 10.2. The third-order valence-electron chi connectivity index (χ3n) is 4.92. The highest BCUT2D eigenvalue weighted by atomic mass is 32.1. The molecule has 4 aromatic rings. The molecule has 0 unspecified atom stereocenters. The maximum atomic E-state index is 12.8. The lowest BCUT2D eigenvalue weighted by Gasteiger charge is -2.08. The molecule has 32 heavy (non-hydrogen) atoms. The highest BCUT2D eigenvalue weighted by Crippen LogP contribution is 2.34. The molecule has 2 aromatic heterocycles. The lowest BCUT2D eigenvalue weighted by Crippen LogP contribution is -2.20. The van der Waals surface area contributed by atoms with Gasteiger partial charge in [-0.1, -0.05) is 12.1 Å². The molecule has 2 aromatic carbocycles. The van der Waals surface area contributed by atoms with Gasteiger partial charge in [-0.2, -0.15) is 0 Å². The van der Waals surface area contributed by atoms with Gasteiger partial charge in [-0.15, -0.1) is 5.10 Å². The minimum Gasteiger partial charge on any atom is -0.497 e. The highest BCUT2D eigenvalue weighted by Gasteiger charge is 2.18. The van der Waals surface area contributed by atoms with E-state index in [0.29, 0.717) is 33.5 Å². The summed E-state index contributed by atoms with van der Waals surface area (Å²) in [6, 6.07) is 16.5. The standard InChI is InChI=1S/C22H19N5O4S/c1-29-17-6-4-5-15(11-17)21-24-26(22(32)27(21)25-9-2-3-10-25)13-20(28)23-16-7-8-18-19(12-16)31-14-30-18/h2-12H,13-14H2,1H3,(H,23,28). The van der Waals surface area contributed by atoms with E-state index in [4.69, 9.17) is 26.4 Å². The van der Waals surface area contributed by atoms with E-state index in [9.17, 15) is 4.79 Å². The average molecular weight is 449 g/mol. The second kappa shape index (κ2) is 8.23. The van der Waals surface area contributed by atoms with Crippen molar-refractivity contribution >= 4 is 23.8 Å². The third kappa shape index (κ3) is 3.71. The fraction of sp³-hybridized carbons (Fsp3) is 0.136. The molecular weight excluding hydrogens is 430 g/mol. The van der Waals surface area contributed by atoms with Gasteiger partial charge >= 0.3 is 0 Å². The van der Waals surface area contributed by atoms with Gasteiger partial charge in [-0.05, 0) is 48.6 Å². The van der Waals surface area contributed by atoms with Gasteiger partial charge in [-0.3, -0.25) is 9.47 Å². The van der Waals surface area contributed by atoms with Crippen molar-refractivity contribution in [1.82, 2.24) is 19.1 Å². The Morgan fingerprint density at radius 2 is 1.94 bits per heavy atom. The number of carbonyl (C=O) groups excluding carboxylic acids is 1. The van der Waals surface area contributed by atoms with Crippen LogP contribution in [0.1, 0.15) is 0 Å². The van der Waals surface area contributed by atoms with Gasteiger partial charge in [0.05, 0.1) is 7.11 Å². The van der Waals surface area contributed by atoms with E-state index in [1.165, 1.54) is 4.68 Å². The van der Waals surface area contributed by atoms with E-state index < -0.39 is 0 Å². The summed E-state index contributed by atoms with van der Waals surface area (Å²) in [4.78, 5) is 12.8. The number of hydrogen-bond acceptors (Lipinski definition) is 6. The van der Waals surface area contributed by atoms with Crippen molar-refractivity contribution in [2.24, 2.45) is 0 Å². The molecule has 0 spiro atoms. The highest BCUT2D eigenvalue weighted by molar-refractivity contribution is 7.71. The van der Waals surface area contributed by atoms with Gasteiger partial charge in [0.15, 0.2) is 17.3 Å². The van der Waals surface area contributed by atoms with Crippen LogP contribution in [0.25, 0.3) is 11.4 Å². The normalized spacial score (nSPS) is 12.0. The first-order valence-electron chi connectivity index (χ1n) is 9.80. The predicted octanol–water partition coefficient (Wildman–Crippen LogP) is 3.57. The van der Waals surface area contributed by atoms with E-state index in [-0.39, 0.29) is 19.2 Å². The summed E-state index contributed by atoms with van der Waals surface area (Å²) in [5.74, 6) is 2.26. The molecule has 10 heteroatoms. The van der Waals surface area contributed by atoms with E-state index in [0.717, 1.165) is 5.56 Å². The van der Waals surface area contributed by atoms with E-state index in [2.05, 4.69) is 10.4 Å². The van der Waals surface area contributed by atoms with Crippen molar-refractivity contribution in [3.63, 3.8) is 0 Å². The molecule has 9 nitrogen and oxygen atoms in total. The van der Waals surface area contributed by atoms with Crippen molar-refractivity contribution in [2.75, 3.05) is 19.2 Å². The first-order valence-corrected chi connectivity index (χ1v) is 10.2. The summed E-state index contributed by atoms with van der Waals surface area (Å²) < 4.78 is 21.5. The Bertz CT molecular complexity index is 1340. The van der Waals surface area contributed by atoms with Gasteiger partial charge in [0.25, 0.3) is 0 Å². The van der Waals surface area contributed by atoms with E-state index in [1.54, 1.807) is 30.0 Å². The minimum absolute atomic E-state index is 0.0570. The molecule has 162 valence electrons. The Balaban J connectivity index is 1.46. The molecule has 1 aliphatic heterocycles. The molecule has 1 aliphatic rings. The maximum absolute atomic E-state index is 12.8. The molecule has 1 amide bonds. The topological polar surface area (TPSA) is 84.5 Å². The minimum atomic E-state index is -0.269. The molecule has 1 N–H and O–H groups in total. The van der Waals surface area contributed by atoms with Crippen LogP contribution in [0.5, 0.6) is 17.2 Å². The van der Waals surface area contributed by atoms with Gasteiger partial charge in [-0.25, -0.2) is 9.36 Å². The molecule has 0 saturated heterocycles. The monoisotopic (exact) mass is 449 g/mol. The second-order valence-electron chi connectivity index (χ2n) is 6.99. The average Bonchev–Trinajstić information content (AvgIpc) is 3.54. The number of rotatable bonds is 6. The van der Waals surface area contributed by atoms with Crippen LogP contribution in [0.2, 0.25) is 0 Å². The number of nitrogens with zero attached hydrogens (tertiary/aromatic N) is 4. The van der Waals surface area contributed by atoms with Crippen LogP contribution < -0.4 is 19.5 Å². The number of benzene rings is 2. The predicted molar refractivity (Wildman–Crippen MR) is 119 cm³/mol. The summed E-state index contributed by atoms with van der Waals surface area (Å²) in [5.41, 5.74) is 1.41. The Morgan fingerprint density at radius 1 is 1.12 bits per heavy atom. The molecule has 0 atom stereocenters. The largest absolute Gasteiger partial charge is 0.497 e. The zero-order valence-electron chi connectivity index (χ0n) is 17.1. The van der Waals surface area contributed by atoms with Gasteiger partial charge in [0.2, 0.25) is 17.5 Å². The van der Waals surface area contributed by atoms with Crippen LogP contribution in [0.3, 0.4) is 0 Å². The van der Waals surface area contributed by atoms with Gasteiger partial charge < -0.3 is 19.5 Å². The summed E-state index contributed by atoms with van der Waals surface area (Å²) in [5, 5.41) is 7.50. The van der Waals surface area contributed by atoms with Crippen LogP contribution >= 0.6 is 12.2 Å². The van der Waals surface area contributed by atoms with Crippen molar-refractivity contribution in [2.45, 2.75) is 6.54 Å². The van der Waals surface area contributed by atoms with Crippen LogP contribution in [0, 0.1) is 4.77 Å². The number of nitrogens with one attached hydrogen (secondary N) is 1. The number of hydrogen-bond donors (Lipinski definition) is 1. The Labute approximate surface area is 188 Å². The zero-order valence-corrected chi connectivity index (χ0v) is 17.9. The quantitative estimate of drug-likeness (QED) is 0.453. The molecule has 5 rings (SSSR count). The Hall–Kier alpha value is -4.05. The number of amides is 1. The van der Waals surface area contributed by atoms with Gasteiger partial charge in [0.1, 0.15) is 12.3 Å². The van der Waals surface area contributed by atoms with Crippen molar-refractivity contribution in [3.8, 4) is 28.6 Å². The SMILES string of the molecule is COc1cccc(-c2nn(CC(=O)Nc3ccc4c(c3)OCO4)c(=S)n2-n2cccc2)c1. The maximum Gasteiger partial charge on any atom is 0.246 e. The first kappa shape index (κ1) is 19.9. The number of ether oxygens (including phenoxy) is 3. The number of methoxy groups -OCH3 is 1. The Kier molecular flexibility index (Phi) is 5.12. The lowest BCUT2D eigenvalue weighted by molar-refractivity contribution is -0.116. The van der Waals surface area contributed by atoms with Crippen LogP contribution in [0.4, 0.5) is 5.69 Å². The summed E-state index contributed by atoms with van der Waals surface area (Å²) in [7, 11) is 1.61. The summed E-state index contributed by atoms with van der Waals surface area (Å²) in [6.45, 7) is 0.115. The molecule has 0 bridgehead atoms. The molecule has 0 aliphatic carbocycles. The number of fused-ring (bicyclic) bond motifs is 1. The molecule has 0 saturated carbocycles. The summed E-state index contributed by atoms with van der Waals surface area (Å²) >= 11 is 5.66. The number of carbonyl (C=O) groups is 1. The van der Waals surface area contributed by atoms with E-state index >= 15 is 0 Å². The summed E-state index contributed by atoms with van der Waals surface area (Å²) in [6.07, 6.45) is 3.72. The fourth-order valence-electron chi connectivity index (χ4n) is 3.42. The van der Waals surface area contributed by atoms with E-state index in [1.807, 2.05) is 53.5 Å². The fourth-order valence-corrected chi connectivity index (χ4v) is 3.71.